The molecule has 0 spiro atoms. The zero-order valence-corrected chi connectivity index (χ0v) is 12.4. The number of hydrogen-bond donors (Lipinski definition) is 1. The van der Waals surface area contributed by atoms with Crippen molar-refractivity contribution in [2.24, 2.45) is 17.1 Å². The summed E-state index contributed by atoms with van der Waals surface area (Å²) in [7, 11) is 0. The molecule has 0 bridgehead atoms. The van der Waals surface area contributed by atoms with Gasteiger partial charge in [-0.25, -0.2) is 4.98 Å². The minimum atomic E-state index is -0.202. The Hall–Kier alpha value is -0.410. The summed E-state index contributed by atoms with van der Waals surface area (Å²) in [6, 6.07) is 0. The van der Waals surface area contributed by atoms with E-state index in [4.69, 9.17) is 10.7 Å². The molecule has 1 aromatic heterocycles. The van der Waals surface area contributed by atoms with Crippen LogP contribution in [-0.2, 0) is 12.0 Å². The molecule has 0 amide bonds. The fourth-order valence-electron chi connectivity index (χ4n) is 3.29. The van der Waals surface area contributed by atoms with Crippen LogP contribution >= 0.6 is 11.3 Å². The van der Waals surface area contributed by atoms with E-state index in [0.29, 0.717) is 11.3 Å². The number of aromatic nitrogens is 1. The predicted molar refractivity (Wildman–Crippen MR) is 74.3 cm³/mol. The molecule has 2 rings (SSSR count). The molecule has 2 unspecified atom stereocenters. The molecule has 1 aliphatic carbocycles. The zero-order valence-electron chi connectivity index (χ0n) is 11.6. The Labute approximate surface area is 109 Å². The molecule has 3 heteroatoms. The lowest BCUT2D eigenvalue weighted by Gasteiger charge is -2.27. The molecular formula is C14H24N2S. The van der Waals surface area contributed by atoms with Gasteiger partial charge in [-0.3, -0.25) is 0 Å². The summed E-state index contributed by atoms with van der Waals surface area (Å²) < 4.78 is 0. The molecule has 1 fully saturated rings. The third kappa shape index (κ3) is 2.15. The van der Waals surface area contributed by atoms with E-state index in [1.54, 1.807) is 11.3 Å². The summed E-state index contributed by atoms with van der Waals surface area (Å²) in [6.45, 7) is 11.2. The number of hydrogen-bond acceptors (Lipinski definition) is 3. The maximum Gasteiger partial charge on any atom is 0.113 e. The highest BCUT2D eigenvalue weighted by atomic mass is 32.1. The Morgan fingerprint density at radius 1 is 1.47 bits per heavy atom. The van der Waals surface area contributed by atoms with Crippen molar-refractivity contribution in [2.75, 3.05) is 0 Å². The first-order valence-electron chi connectivity index (χ1n) is 6.54. The second-order valence-corrected chi connectivity index (χ2v) is 7.57. The second kappa shape index (κ2) is 4.06. The first-order valence-corrected chi connectivity index (χ1v) is 7.36. The number of nitrogens with zero attached hydrogens (tertiary/aromatic N) is 1. The Morgan fingerprint density at radius 2 is 2.12 bits per heavy atom. The third-order valence-corrected chi connectivity index (χ3v) is 5.34. The monoisotopic (exact) mass is 252 g/mol. The van der Waals surface area contributed by atoms with Crippen LogP contribution in [0.4, 0.5) is 0 Å². The van der Waals surface area contributed by atoms with Crippen LogP contribution in [0.5, 0.6) is 0 Å². The standard InChI is InChI=1S/C14H24N2S/c1-6-11-10(3)17-12(16-11)14(15)8-13(4,5)7-9(14)2/h9H,6-8,15H2,1-5H3. The van der Waals surface area contributed by atoms with Gasteiger partial charge >= 0.3 is 0 Å². The van der Waals surface area contributed by atoms with Gasteiger partial charge in [0, 0.05) is 4.88 Å². The van der Waals surface area contributed by atoms with Crippen LogP contribution in [0, 0.1) is 18.3 Å². The van der Waals surface area contributed by atoms with Crippen LogP contribution in [0.25, 0.3) is 0 Å². The van der Waals surface area contributed by atoms with Crippen LogP contribution in [0.15, 0.2) is 0 Å². The fourth-order valence-corrected chi connectivity index (χ4v) is 4.51. The van der Waals surface area contributed by atoms with Crippen molar-refractivity contribution < 1.29 is 0 Å². The SMILES string of the molecule is CCc1nc(C2(N)CC(C)(C)CC2C)sc1C. The van der Waals surface area contributed by atoms with Gasteiger partial charge in [0.15, 0.2) is 0 Å². The van der Waals surface area contributed by atoms with E-state index in [-0.39, 0.29) is 5.54 Å². The normalized spacial score (nSPS) is 32.0. The van der Waals surface area contributed by atoms with E-state index in [0.717, 1.165) is 17.8 Å². The summed E-state index contributed by atoms with van der Waals surface area (Å²) >= 11 is 1.80. The van der Waals surface area contributed by atoms with Crippen LogP contribution in [0.2, 0.25) is 0 Å². The molecule has 2 nitrogen and oxygen atoms in total. The maximum atomic E-state index is 6.68. The molecule has 2 N–H and O–H groups in total. The van der Waals surface area contributed by atoms with Gasteiger partial charge in [-0.15, -0.1) is 11.3 Å². The molecule has 1 aromatic rings. The maximum absolute atomic E-state index is 6.68. The Morgan fingerprint density at radius 3 is 2.53 bits per heavy atom. The van der Waals surface area contributed by atoms with Gasteiger partial charge in [-0.2, -0.15) is 0 Å². The van der Waals surface area contributed by atoms with Gasteiger partial charge in [-0.1, -0.05) is 27.7 Å². The third-order valence-electron chi connectivity index (χ3n) is 4.13. The van der Waals surface area contributed by atoms with Gasteiger partial charge in [0.1, 0.15) is 5.01 Å². The first kappa shape index (κ1) is 13.0. The number of rotatable bonds is 2. The summed E-state index contributed by atoms with van der Waals surface area (Å²) in [5, 5.41) is 1.16. The average Bonchev–Trinajstić information content (AvgIpc) is 2.66. The van der Waals surface area contributed by atoms with Crippen molar-refractivity contribution in [1.82, 2.24) is 4.98 Å². The average molecular weight is 252 g/mol. The van der Waals surface area contributed by atoms with Crippen molar-refractivity contribution >= 4 is 11.3 Å². The van der Waals surface area contributed by atoms with Crippen molar-refractivity contribution in [1.29, 1.82) is 0 Å². The highest BCUT2D eigenvalue weighted by molar-refractivity contribution is 7.11. The van der Waals surface area contributed by atoms with Crippen LogP contribution in [-0.4, -0.2) is 4.98 Å². The molecule has 2 atom stereocenters. The minimum Gasteiger partial charge on any atom is -0.319 e. The van der Waals surface area contributed by atoms with Crippen LogP contribution in [0.1, 0.15) is 56.1 Å². The smallest absolute Gasteiger partial charge is 0.113 e. The summed E-state index contributed by atoms with van der Waals surface area (Å²) in [5.41, 5.74) is 8.06. The molecule has 0 aromatic carbocycles. The minimum absolute atomic E-state index is 0.202. The summed E-state index contributed by atoms with van der Waals surface area (Å²) in [6.07, 6.45) is 3.26. The van der Waals surface area contributed by atoms with E-state index in [1.165, 1.54) is 17.0 Å². The molecular weight excluding hydrogens is 228 g/mol. The van der Waals surface area contributed by atoms with Gasteiger partial charge in [-0.05, 0) is 37.5 Å². The lowest BCUT2D eigenvalue weighted by Crippen LogP contribution is -2.39. The van der Waals surface area contributed by atoms with E-state index in [9.17, 15) is 0 Å². The number of nitrogens with two attached hydrogens (primary N) is 1. The molecule has 17 heavy (non-hydrogen) atoms. The Balaban J connectivity index is 2.38. The first-order chi connectivity index (χ1) is 7.78. The zero-order chi connectivity index (χ0) is 12.8. The molecule has 0 aliphatic heterocycles. The summed E-state index contributed by atoms with van der Waals surface area (Å²) in [4.78, 5) is 6.13. The van der Waals surface area contributed by atoms with E-state index >= 15 is 0 Å². The molecule has 0 radical (unpaired) electrons. The number of thiazole rings is 1. The highest BCUT2D eigenvalue weighted by Crippen LogP contribution is 2.51. The van der Waals surface area contributed by atoms with Crippen molar-refractivity contribution in [3.05, 3.63) is 15.6 Å². The Bertz CT molecular complexity index is 422. The molecule has 1 saturated carbocycles. The quantitative estimate of drug-likeness (QED) is 0.873. The van der Waals surface area contributed by atoms with Gasteiger partial charge in [0.05, 0.1) is 11.2 Å². The van der Waals surface area contributed by atoms with Crippen molar-refractivity contribution in [3.63, 3.8) is 0 Å². The van der Waals surface area contributed by atoms with Crippen LogP contribution < -0.4 is 5.73 Å². The fraction of sp³-hybridized carbons (Fsp3) is 0.786. The van der Waals surface area contributed by atoms with Gasteiger partial charge in [0.25, 0.3) is 0 Å². The highest BCUT2D eigenvalue weighted by Gasteiger charge is 2.48. The van der Waals surface area contributed by atoms with E-state index in [2.05, 4.69) is 34.6 Å². The van der Waals surface area contributed by atoms with Crippen molar-refractivity contribution in [3.8, 4) is 0 Å². The Kier molecular flexibility index (Phi) is 3.11. The van der Waals surface area contributed by atoms with E-state index in [1.807, 2.05) is 0 Å². The van der Waals surface area contributed by atoms with Crippen LogP contribution in [0.3, 0.4) is 0 Å². The van der Waals surface area contributed by atoms with Gasteiger partial charge < -0.3 is 5.73 Å². The lowest BCUT2D eigenvalue weighted by molar-refractivity contribution is 0.327. The molecule has 0 saturated heterocycles. The molecule has 1 aliphatic rings. The molecule has 96 valence electrons. The van der Waals surface area contributed by atoms with Gasteiger partial charge in [0.2, 0.25) is 0 Å². The second-order valence-electron chi connectivity index (χ2n) is 6.36. The largest absolute Gasteiger partial charge is 0.319 e. The lowest BCUT2D eigenvalue weighted by atomic mass is 9.88. The van der Waals surface area contributed by atoms with E-state index < -0.39 is 0 Å². The topological polar surface area (TPSA) is 38.9 Å². The molecule has 1 heterocycles. The summed E-state index contributed by atoms with van der Waals surface area (Å²) in [5.74, 6) is 0.521. The predicted octanol–water partition coefficient (Wildman–Crippen LogP) is 3.62. The number of aryl methyl sites for hydroxylation is 2. The van der Waals surface area contributed by atoms with Crippen molar-refractivity contribution in [2.45, 2.75) is 59.4 Å².